The number of ether oxygens (including phenoxy) is 1. The van der Waals surface area contributed by atoms with Crippen LogP contribution in [-0.2, 0) is 19.6 Å². The Labute approximate surface area is 173 Å². The van der Waals surface area contributed by atoms with Gasteiger partial charge in [0.15, 0.2) is 0 Å². The molecule has 0 atom stereocenters. The maximum Gasteiger partial charge on any atom is 0.306 e. The van der Waals surface area contributed by atoms with Crippen molar-refractivity contribution in [1.29, 1.82) is 0 Å². The van der Waals surface area contributed by atoms with Crippen LogP contribution in [0.2, 0.25) is 0 Å². The van der Waals surface area contributed by atoms with E-state index in [1.807, 2.05) is 0 Å². The quantitative estimate of drug-likeness (QED) is 0.172. The van der Waals surface area contributed by atoms with E-state index in [0.717, 1.165) is 19.4 Å². The lowest BCUT2D eigenvalue weighted by molar-refractivity contribution is -0.141. The maximum atomic E-state index is 11.3. The Hall–Kier alpha value is -0.660. The molecule has 0 spiro atoms. The van der Waals surface area contributed by atoms with Crippen LogP contribution in [0.1, 0.15) is 96.8 Å². The standard InChI is InChI=1S/C21H43NO5S/c1-3-4-5-6-7-8-9-10-11-12-13-14-17-22(19-16-21(23)27-2)18-15-20-28(24,25)26/h3-20H2,1-2H3,(H,24,25,26). The second kappa shape index (κ2) is 18.4. The average molecular weight is 422 g/mol. The van der Waals surface area contributed by atoms with Crippen molar-refractivity contribution in [2.45, 2.75) is 96.8 Å². The fourth-order valence-electron chi connectivity index (χ4n) is 3.33. The number of rotatable bonds is 20. The average Bonchev–Trinajstić information content (AvgIpc) is 2.65. The van der Waals surface area contributed by atoms with Crippen LogP contribution in [0.15, 0.2) is 0 Å². The number of nitrogens with zero attached hydrogens (tertiary/aromatic N) is 1. The third-order valence-electron chi connectivity index (χ3n) is 5.06. The number of hydrogen-bond donors (Lipinski definition) is 1. The first kappa shape index (κ1) is 27.3. The van der Waals surface area contributed by atoms with Crippen molar-refractivity contribution in [3.8, 4) is 0 Å². The van der Waals surface area contributed by atoms with Gasteiger partial charge in [-0.2, -0.15) is 8.42 Å². The summed E-state index contributed by atoms with van der Waals surface area (Å²) < 4.78 is 35.3. The highest BCUT2D eigenvalue weighted by Crippen LogP contribution is 2.12. The van der Waals surface area contributed by atoms with Crippen LogP contribution in [0.5, 0.6) is 0 Å². The largest absolute Gasteiger partial charge is 0.469 e. The van der Waals surface area contributed by atoms with Crippen LogP contribution in [0.4, 0.5) is 0 Å². The van der Waals surface area contributed by atoms with E-state index in [1.165, 1.54) is 71.3 Å². The van der Waals surface area contributed by atoms with Gasteiger partial charge in [-0.3, -0.25) is 9.35 Å². The highest BCUT2D eigenvalue weighted by atomic mass is 32.2. The molecule has 0 aliphatic carbocycles. The van der Waals surface area contributed by atoms with Crippen molar-refractivity contribution in [3.05, 3.63) is 0 Å². The van der Waals surface area contributed by atoms with Crippen molar-refractivity contribution >= 4 is 16.1 Å². The molecule has 0 aromatic rings. The van der Waals surface area contributed by atoms with Gasteiger partial charge in [0.25, 0.3) is 10.1 Å². The summed E-state index contributed by atoms with van der Waals surface area (Å²) in [6.45, 7) is 4.23. The normalized spacial score (nSPS) is 11.9. The predicted octanol–water partition coefficient (Wildman–Crippen LogP) is 4.83. The Morgan fingerprint density at radius 1 is 0.786 bits per heavy atom. The zero-order valence-corrected chi connectivity index (χ0v) is 19.0. The van der Waals surface area contributed by atoms with Gasteiger partial charge in [-0.25, -0.2) is 0 Å². The molecule has 0 rings (SSSR count). The predicted molar refractivity (Wildman–Crippen MR) is 115 cm³/mol. The Balaban J connectivity index is 3.77. The van der Waals surface area contributed by atoms with Gasteiger partial charge in [0, 0.05) is 6.54 Å². The summed E-state index contributed by atoms with van der Waals surface area (Å²) in [5.41, 5.74) is 0. The first-order chi connectivity index (χ1) is 13.4. The van der Waals surface area contributed by atoms with E-state index in [1.54, 1.807) is 0 Å². The second-order valence-corrected chi connectivity index (χ2v) is 9.27. The Bertz CT molecular complexity index is 467. The monoisotopic (exact) mass is 421 g/mol. The van der Waals surface area contributed by atoms with Gasteiger partial charge in [-0.05, 0) is 25.9 Å². The van der Waals surface area contributed by atoms with E-state index in [4.69, 9.17) is 4.55 Å². The molecule has 7 heteroatoms. The van der Waals surface area contributed by atoms with Crippen molar-refractivity contribution in [2.75, 3.05) is 32.5 Å². The van der Waals surface area contributed by atoms with E-state index in [-0.39, 0.29) is 11.7 Å². The Morgan fingerprint density at radius 2 is 1.25 bits per heavy atom. The maximum absolute atomic E-state index is 11.3. The Morgan fingerprint density at radius 3 is 1.71 bits per heavy atom. The van der Waals surface area contributed by atoms with E-state index in [0.29, 0.717) is 25.9 Å². The SMILES string of the molecule is CCCCCCCCCCCCCCN(CCCS(=O)(=O)O)CCC(=O)OC. The lowest BCUT2D eigenvalue weighted by atomic mass is 10.1. The molecular formula is C21H43NO5S. The molecule has 6 nitrogen and oxygen atoms in total. The molecule has 0 aromatic carbocycles. The number of carbonyl (C=O) groups is 1. The van der Waals surface area contributed by atoms with Crippen molar-refractivity contribution in [3.63, 3.8) is 0 Å². The smallest absolute Gasteiger partial charge is 0.306 e. The zero-order valence-electron chi connectivity index (χ0n) is 18.2. The first-order valence-corrected chi connectivity index (χ1v) is 12.7. The molecule has 0 radical (unpaired) electrons. The summed E-state index contributed by atoms with van der Waals surface area (Å²) in [4.78, 5) is 13.4. The van der Waals surface area contributed by atoms with Gasteiger partial charge in [-0.1, -0.05) is 77.6 Å². The van der Waals surface area contributed by atoms with Gasteiger partial charge in [0.1, 0.15) is 0 Å². The lowest BCUT2D eigenvalue weighted by Crippen LogP contribution is -2.30. The minimum absolute atomic E-state index is 0.236. The molecule has 0 bridgehead atoms. The molecule has 0 amide bonds. The van der Waals surface area contributed by atoms with Crippen molar-refractivity contribution in [2.24, 2.45) is 0 Å². The zero-order chi connectivity index (χ0) is 21.1. The summed E-state index contributed by atoms with van der Waals surface area (Å²) in [5.74, 6) is -0.491. The van der Waals surface area contributed by atoms with Gasteiger partial charge in [-0.15, -0.1) is 0 Å². The van der Waals surface area contributed by atoms with E-state index >= 15 is 0 Å². The summed E-state index contributed by atoms with van der Waals surface area (Å²) in [7, 11) is -2.55. The van der Waals surface area contributed by atoms with E-state index < -0.39 is 10.1 Å². The first-order valence-electron chi connectivity index (χ1n) is 11.1. The van der Waals surface area contributed by atoms with Gasteiger partial charge in [0.05, 0.1) is 19.3 Å². The summed E-state index contributed by atoms with van der Waals surface area (Å²) in [5, 5.41) is 0. The van der Waals surface area contributed by atoms with Crippen LogP contribution in [0.3, 0.4) is 0 Å². The molecule has 0 heterocycles. The van der Waals surface area contributed by atoms with Crippen LogP contribution in [0.25, 0.3) is 0 Å². The van der Waals surface area contributed by atoms with Crippen LogP contribution < -0.4 is 0 Å². The van der Waals surface area contributed by atoms with Gasteiger partial charge in [0.2, 0.25) is 0 Å². The lowest BCUT2D eigenvalue weighted by Gasteiger charge is -2.21. The highest BCUT2D eigenvalue weighted by Gasteiger charge is 2.11. The molecule has 0 saturated heterocycles. The number of hydrogen-bond acceptors (Lipinski definition) is 5. The minimum atomic E-state index is -3.92. The van der Waals surface area contributed by atoms with Gasteiger partial charge >= 0.3 is 5.97 Å². The molecule has 0 aliphatic rings. The van der Waals surface area contributed by atoms with Crippen LogP contribution >= 0.6 is 0 Å². The molecule has 0 aliphatic heterocycles. The minimum Gasteiger partial charge on any atom is -0.469 e. The van der Waals surface area contributed by atoms with Gasteiger partial charge < -0.3 is 9.64 Å². The molecule has 1 N–H and O–H groups in total. The number of methoxy groups -OCH3 is 1. The van der Waals surface area contributed by atoms with Crippen molar-refractivity contribution in [1.82, 2.24) is 4.90 Å². The van der Waals surface area contributed by atoms with E-state index in [9.17, 15) is 13.2 Å². The fourth-order valence-corrected chi connectivity index (χ4v) is 3.83. The van der Waals surface area contributed by atoms with Crippen LogP contribution in [-0.4, -0.2) is 56.3 Å². The number of carbonyl (C=O) groups excluding carboxylic acids is 1. The second-order valence-electron chi connectivity index (χ2n) is 7.70. The molecule has 0 saturated carbocycles. The highest BCUT2D eigenvalue weighted by molar-refractivity contribution is 7.85. The molecule has 0 aromatic heterocycles. The summed E-state index contributed by atoms with van der Waals surface area (Å²) in [6.07, 6.45) is 16.2. The van der Waals surface area contributed by atoms with Crippen molar-refractivity contribution < 1.29 is 22.5 Å². The Kier molecular flexibility index (Phi) is 17.9. The molecule has 28 heavy (non-hydrogen) atoms. The van der Waals surface area contributed by atoms with Crippen LogP contribution in [0, 0.1) is 0 Å². The number of esters is 1. The topological polar surface area (TPSA) is 83.9 Å². The molecule has 168 valence electrons. The summed E-state index contributed by atoms with van der Waals surface area (Å²) >= 11 is 0. The third-order valence-corrected chi connectivity index (χ3v) is 5.87. The third kappa shape index (κ3) is 20.1. The summed E-state index contributed by atoms with van der Waals surface area (Å²) in [6, 6.07) is 0. The fraction of sp³-hybridized carbons (Fsp3) is 0.952. The molecule has 0 unspecified atom stereocenters. The van der Waals surface area contributed by atoms with E-state index in [2.05, 4.69) is 16.6 Å². The number of unbranched alkanes of at least 4 members (excludes halogenated alkanes) is 11. The molecule has 0 fully saturated rings. The molecular weight excluding hydrogens is 378 g/mol.